The summed E-state index contributed by atoms with van der Waals surface area (Å²) in [5, 5.41) is 2.61. The average molecular weight is 353 g/mol. The van der Waals surface area contributed by atoms with Crippen molar-refractivity contribution in [1.29, 1.82) is 0 Å². The number of amides is 1. The van der Waals surface area contributed by atoms with Crippen molar-refractivity contribution in [2.75, 3.05) is 5.32 Å². The van der Waals surface area contributed by atoms with Crippen LogP contribution in [0.5, 0.6) is 0 Å². The van der Waals surface area contributed by atoms with E-state index in [1.807, 2.05) is 0 Å². The van der Waals surface area contributed by atoms with E-state index in [1.165, 1.54) is 12.1 Å². The first-order valence-corrected chi connectivity index (χ1v) is 6.84. The van der Waals surface area contributed by atoms with Crippen molar-refractivity contribution in [3.05, 3.63) is 63.9 Å². The Balaban J connectivity index is 2.30. The third-order valence-corrected chi connectivity index (χ3v) is 3.33. The highest BCUT2D eigenvalue weighted by Crippen LogP contribution is 2.19. The molecule has 0 aliphatic rings. The molecule has 0 aromatic heterocycles. The lowest BCUT2D eigenvalue weighted by molar-refractivity contribution is 0.102. The lowest BCUT2D eigenvalue weighted by atomic mass is 10.1. The van der Waals surface area contributed by atoms with Crippen LogP contribution in [0.3, 0.4) is 0 Å². The molecule has 0 spiro atoms. The molecular formula is C14H10BrFN2OS. The number of carbonyl (C=O) groups is 1. The molecule has 0 unspecified atom stereocenters. The van der Waals surface area contributed by atoms with Crippen molar-refractivity contribution in [2.45, 2.75) is 0 Å². The van der Waals surface area contributed by atoms with Gasteiger partial charge in [-0.2, -0.15) is 0 Å². The molecule has 0 saturated carbocycles. The van der Waals surface area contributed by atoms with E-state index in [4.69, 9.17) is 18.0 Å². The number of nitrogens with one attached hydrogen (secondary N) is 1. The lowest BCUT2D eigenvalue weighted by Crippen LogP contribution is -2.18. The van der Waals surface area contributed by atoms with E-state index in [-0.39, 0.29) is 10.6 Å². The van der Waals surface area contributed by atoms with Gasteiger partial charge in [-0.15, -0.1) is 0 Å². The van der Waals surface area contributed by atoms with Crippen molar-refractivity contribution < 1.29 is 9.18 Å². The molecule has 3 nitrogen and oxygen atoms in total. The minimum atomic E-state index is -0.607. The fraction of sp³-hybridized carbons (Fsp3) is 0. The highest BCUT2D eigenvalue weighted by molar-refractivity contribution is 9.10. The number of anilines is 1. The molecule has 102 valence electrons. The summed E-state index contributed by atoms with van der Waals surface area (Å²) < 4.78 is 14.3. The molecule has 2 aromatic carbocycles. The van der Waals surface area contributed by atoms with E-state index in [0.717, 1.165) is 0 Å². The first kappa shape index (κ1) is 14.6. The molecule has 0 bridgehead atoms. The zero-order chi connectivity index (χ0) is 14.7. The molecule has 20 heavy (non-hydrogen) atoms. The summed E-state index contributed by atoms with van der Waals surface area (Å²) in [5.74, 6) is -1.16. The Bertz CT molecular complexity index is 691. The molecule has 0 saturated heterocycles. The van der Waals surface area contributed by atoms with Crippen LogP contribution in [-0.2, 0) is 0 Å². The summed E-state index contributed by atoms with van der Waals surface area (Å²) in [6, 6.07) is 11.1. The maximum atomic E-state index is 13.7. The van der Waals surface area contributed by atoms with E-state index >= 15 is 0 Å². The predicted molar refractivity (Wildman–Crippen MR) is 84.4 cm³/mol. The molecule has 6 heteroatoms. The molecule has 0 fully saturated rings. The molecule has 0 aliphatic carbocycles. The number of nitrogens with two attached hydrogens (primary N) is 1. The van der Waals surface area contributed by atoms with Gasteiger partial charge in [-0.05, 0) is 30.3 Å². The van der Waals surface area contributed by atoms with Gasteiger partial charge < -0.3 is 11.1 Å². The molecule has 0 heterocycles. The predicted octanol–water partition coefficient (Wildman–Crippen LogP) is 3.47. The monoisotopic (exact) mass is 352 g/mol. The quantitative estimate of drug-likeness (QED) is 0.831. The van der Waals surface area contributed by atoms with Gasteiger partial charge in [0.15, 0.2) is 0 Å². The Morgan fingerprint density at radius 1 is 1.20 bits per heavy atom. The normalized spacial score (nSPS) is 10.1. The number of halogens is 2. The summed E-state index contributed by atoms with van der Waals surface area (Å²) in [6.45, 7) is 0. The largest absolute Gasteiger partial charge is 0.389 e. The highest BCUT2D eigenvalue weighted by atomic mass is 79.9. The molecule has 2 rings (SSSR count). The summed E-state index contributed by atoms with van der Waals surface area (Å²) in [5.41, 5.74) is 6.52. The fourth-order valence-corrected chi connectivity index (χ4v) is 2.18. The van der Waals surface area contributed by atoms with Crippen molar-refractivity contribution in [3.63, 3.8) is 0 Å². The van der Waals surface area contributed by atoms with Crippen molar-refractivity contribution >= 4 is 44.7 Å². The Morgan fingerprint density at radius 3 is 2.55 bits per heavy atom. The number of hydrogen-bond donors (Lipinski definition) is 2. The number of hydrogen-bond acceptors (Lipinski definition) is 2. The number of thiocarbonyl (C=S) groups is 1. The zero-order valence-corrected chi connectivity index (χ0v) is 12.6. The maximum Gasteiger partial charge on any atom is 0.258 e. The number of rotatable bonds is 3. The van der Waals surface area contributed by atoms with Crippen LogP contribution >= 0.6 is 28.1 Å². The second-order valence-corrected chi connectivity index (χ2v) is 5.34. The van der Waals surface area contributed by atoms with Crippen LogP contribution in [0.2, 0.25) is 0 Å². The molecule has 0 radical (unpaired) electrons. The van der Waals surface area contributed by atoms with E-state index in [9.17, 15) is 9.18 Å². The van der Waals surface area contributed by atoms with Gasteiger partial charge in [-0.1, -0.05) is 40.3 Å². The minimum absolute atomic E-state index is 0.0501. The number of carbonyl (C=O) groups excluding carboxylic acids is 1. The van der Waals surface area contributed by atoms with Crippen LogP contribution in [0.25, 0.3) is 0 Å². The first-order valence-electron chi connectivity index (χ1n) is 5.64. The topological polar surface area (TPSA) is 55.1 Å². The van der Waals surface area contributed by atoms with E-state index < -0.39 is 11.7 Å². The van der Waals surface area contributed by atoms with E-state index in [2.05, 4.69) is 21.2 Å². The molecule has 0 aliphatic heterocycles. The van der Waals surface area contributed by atoms with Crippen LogP contribution in [-0.4, -0.2) is 10.9 Å². The summed E-state index contributed by atoms with van der Waals surface area (Å²) in [4.78, 5) is 12.2. The van der Waals surface area contributed by atoms with Gasteiger partial charge >= 0.3 is 0 Å². The van der Waals surface area contributed by atoms with Crippen LogP contribution in [0, 0.1) is 5.82 Å². The maximum absolute atomic E-state index is 13.7. The Labute approximate surface area is 129 Å². The van der Waals surface area contributed by atoms with Gasteiger partial charge in [0.05, 0.1) is 11.3 Å². The second kappa shape index (κ2) is 6.11. The average Bonchev–Trinajstić information content (AvgIpc) is 2.38. The van der Waals surface area contributed by atoms with Gasteiger partial charge in [0.2, 0.25) is 0 Å². The van der Waals surface area contributed by atoms with Crippen molar-refractivity contribution in [2.24, 2.45) is 5.73 Å². The Morgan fingerprint density at radius 2 is 1.90 bits per heavy atom. The Kier molecular flexibility index (Phi) is 4.46. The summed E-state index contributed by atoms with van der Waals surface area (Å²) in [6.07, 6.45) is 0. The highest BCUT2D eigenvalue weighted by Gasteiger charge is 2.14. The van der Waals surface area contributed by atoms with Gasteiger partial charge in [-0.25, -0.2) is 4.39 Å². The third-order valence-electron chi connectivity index (χ3n) is 2.62. The first-order chi connectivity index (χ1) is 9.49. The van der Waals surface area contributed by atoms with Gasteiger partial charge in [0.1, 0.15) is 10.8 Å². The molecular weight excluding hydrogens is 343 g/mol. The van der Waals surface area contributed by atoms with Crippen LogP contribution < -0.4 is 11.1 Å². The molecule has 2 aromatic rings. The van der Waals surface area contributed by atoms with Crippen LogP contribution in [0.15, 0.2) is 46.9 Å². The molecule has 1 amide bonds. The van der Waals surface area contributed by atoms with Crippen molar-refractivity contribution in [3.8, 4) is 0 Å². The smallest absolute Gasteiger partial charge is 0.258 e. The van der Waals surface area contributed by atoms with Crippen molar-refractivity contribution in [1.82, 2.24) is 0 Å². The molecule has 3 N–H and O–H groups in total. The van der Waals surface area contributed by atoms with Crippen LogP contribution in [0.4, 0.5) is 10.1 Å². The van der Waals surface area contributed by atoms with Crippen LogP contribution in [0.1, 0.15) is 15.9 Å². The lowest BCUT2D eigenvalue weighted by Gasteiger charge is -2.10. The number of benzene rings is 2. The minimum Gasteiger partial charge on any atom is -0.389 e. The third kappa shape index (κ3) is 3.20. The standard InChI is InChI=1S/C14H10BrFN2OS/c15-8-5-6-9(11(16)7-8)14(19)18-12-4-2-1-3-10(12)13(17)20/h1-7H,(H2,17,20)(H,18,19). The summed E-state index contributed by atoms with van der Waals surface area (Å²) >= 11 is 8.05. The Hall–Kier alpha value is -1.79. The van der Waals surface area contributed by atoms with Gasteiger partial charge in [0.25, 0.3) is 5.91 Å². The van der Waals surface area contributed by atoms with E-state index in [0.29, 0.717) is 15.7 Å². The zero-order valence-electron chi connectivity index (χ0n) is 10.2. The molecule has 0 atom stereocenters. The number of para-hydroxylation sites is 1. The van der Waals surface area contributed by atoms with Gasteiger partial charge in [-0.3, -0.25) is 4.79 Å². The second-order valence-electron chi connectivity index (χ2n) is 3.99. The summed E-state index contributed by atoms with van der Waals surface area (Å²) in [7, 11) is 0. The van der Waals surface area contributed by atoms with Gasteiger partial charge in [0, 0.05) is 10.0 Å². The van der Waals surface area contributed by atoms with E-state index in [1.54, 1.807) is 30.3 Å². The fourth-order valence-electron chi connectivity index (χ4n) is 1.67. The SMILES string of the molecule is NC(=S)c1ccccc1NC(=O)c1ccc(Br)cc1F.